The zero-order valence-corrected chi connectivity index (χ0v) is 12.5. The molecule has 1 aliphatic rings. The van der Waals surface area contributed by atoms with E-state index in [-0.39, 0.29) is 6.10 Å². The smallest absolute Gasteiger partial charge is 0.124 e. The maximum atomic E-state index is 6.21. The van der Waals surface area contributed by atoms with Gasteiger partial charge in [-0.3, -0.25) is 0 Å². The third-order valence-electron chi connectivity index (χ3n) is 3.45. The minimum Gasteiger partial charge on any atom is -0.489 e. The summed E-state index contributed by atoms with van der Waals surface area (Å²) in [6.45, 7) is 4.18. The van der Waals surface area contributed by atoms with Crippen LogP contribution >= 0.6 is 23.4 Å². The lowest BCUT2D eigenvalue weighted by Crippen LogP contribution is -2.31. The summed E-state index contributed by atoms with van der Waals surface area (Å²) in [7, 11) is 0. The molecule has 1 aromatic carbocycles. The molecule has 18 heavy (non-hydrogen) atoms. The first kappa shape index (κ1) is 14.0. The van der Waals surface area contributed by atoms with Crippen molar-refractivity contribution < 1.29 is 4.74 Å². The highest BCUT2D eigenvalue weighted by Crippen LogP contribution is 2.29. The number of ether oxygens (including phenoxy) is 1. The first-order valence-electron chi connectivity index (χ1n) is 6.33. The molecule has 0 saturated carbocycles. The van der Waals surface area contributed by atoms with Crippen molar-refractivity contribution in [3.05, 3.63) is 28.8 Å². The van der Waals surface area contributed by atoms with E-state index in [9.17, 15) is 0 Å². The second kappa shape index (κ2) is 6.69. The fraction of sp³-hybridized carbons (Fsp3) is 0.571. The van der Waals surface area contributed by atoms with E-state index in [1.165, 1.54) is 6.42 Å². The summed E-state index contributed by atoms with van der Waals surface area (Å²) in [6, 6.07) is 5.87. The van der Waals surface area contributed by atoms with E-state index in [1.54, 1.807) is 0 Å². The Balaban J connectivity index is 2.10. The molecule has 4 heteroatoms. The van der Waals surface area contributed by atoms with Gasteiger partial charge in [-0.2, -0.15) is 11.8 Å². The number of nitrogens with one attached hydrogen (secondary N) is 1. The van der Waals surface area contributed by atoms with Gasteiger partial charge in [-0.1, -0.05) is 17.7 Å². The van der Waals surface area contributed by atoms with Crippen molar-refractivity contribution in [2.24, 2.45) is 5.92 Å². The molecule has 0 spiro atoms. The third-order valence-corrected chi connectivity index (χ3v) is 4.52. The highest BCUT2D eigenvalue weighted by Gasteiger charge is 2.26. The Bertz CT molecular complexity index is 393. The highest BCUT2D eigenvalue weighted by atomic mass is 35.5. The van der Waals surface area contributed by atoms with E-state index in [2.05, 4.69) is 11.6 Å². The molecular formula is C14H20ClNOS. The van der Waals surface area contributed by atoms with Crippen LogP contribution in [0.3, 0.4) is 0 Å². The van der Waals surface area contributed by atoms with Crippen LogP contribution in [0, 0.1) is 12.8 Å². The molecule has 2 atom stereocenters. The van der Waals surface area contributed by atoms with Crippen molar-refractivity contribution >= 4 is 23.4 Å². The van der Waals surface area contributed by atoms with Gasteiger partial charge in [0.25, 0.3) is 0 Å². The molecular weight excluding hydrogens is 266 g/mol. The van der Waals surface area contributed by atoms with Crippen molar-refractivity contribution in [3.8, 4) is 5.75 Å². The van der Waals surface area contributed by atoms with Crippen molar-refractivity contribution in [2.75, 3.05) is 25.1 Å². The normalized spacial score (nSPS) is 20.9. The zero-order valence-electron chi connectivity index (χ0n) is 10.9. The van der Waals surface area contributed by atoms with Crippen LogP contribution in [-0.2, 0) is 0 Å². The lowest BCUT2D eigenvalue weighted by Gasteiger charge is -2.24. The quantitative estimate of drug-likeness (QED) is 0.896. The number of benzene rings is 1. The Labute approximate surface area is 118 Å². The van der Waals surface area contributed by atoms with Crippen LogP contribution < -0.4 is 10.1 Å². The largest absolute Gasteiger partial charge is 0.489 e. The number of hydrogen-bond donors (Lipinski definition) is 1. The zero-order chi connectivity index (χ0) is 13.0. The van der Waals surface area contributed by atoms with Crippen LogP contribution in [0.25, 0.3) is 0 Å². The van der Waals surface area contributed by atoms with Crippen molar-refractivity contribution in [3.63, 3.8) is 0 Å². The van der Waals surface area contributed by atoms with Crippen molar-refractivity contribution in [1.82, 2.24) is 5.32 Å². The predicted molar refractivity (Wildman–Crippen MR) is 80.0 cm³/mol. The molecule has 0 bridgehead atoms. The maximum absolute atomic E-state index is 6.21. The Morgan fingerprint density at radius 3 is 3.06 bits per heavy atom. The van der Waals surface area contributed by atoms with E-state index in [4.69, 9.17) is 16.3 Å². The van der Waals surface area contributed by atoms with Crippen LogP contribution in [0.4, 0.5) is 0 Å². The molecule has 2 rings (SSSR count). The molecule has 1 N–H and O–H groups in total. The van der Waals surface area contributed by atoms with Gasteiger partial charge in [-0.25, -0.2) is 0 Å². The molecule has 100 valence electrons. The van der Waals surface area contributed by atoms with Gasteiger partial charge in [-0.15, -0.1) is 0 Å². The second-order valence-corrected chi connectivity index (χ2v) is 6.05. The van der Waals surface area contributed by atoms with Crippen LogP contribution in [-0.4, -0.2) is 31.2 Å². The van der Waals surface area contributed by atoms with Crippen LogP contribution in [0.15, 0.2) is 18.2 Å². The van der Waals surface area contributed by atoms with Gasteiger partial charge in [0.2, 0.25) is 0 Å². The molecule has 0 amide bonds. The summed E-state index contributed by atoms with van der Waals surface area (Å²) in [5, 5.41) is 4.19. The number of rotatable bonds is 5. The Kier molecular flexibility index (Phi) is 5.22. The average molecular weight is 286 g/mol. The molecule has 1 heterocycles. The Morgan fingerprint density at radius 2 is 2.39 bits per heavy atom. The summed E-state index contributed by atoms with van der Waals surface area (Å²) in [5.74, 6) is 2.56. The molecule has 1 fully saturated rings. The van der Waals surface area contributed by atoms with E-state index >= 15 is 0 Å². The molecule has 1 aliphatic heterocycles. The second-order valence-electron chi connectivity index (χ2n) is 4.73. The lowest BCUT2D eigenvalue weighted by atomic mass is 10.0. The molecule has 0 aliphatic carbocycles. The first-order valence-corrected chi connectivity index (χ1v) is 8.11. The summed E-state index contributed by atoms with van der Waals surface area (Å²) < 4.78 is 6.21. The fourth-order valence-corrected chi connectivity index (χ4v) is 3.14. The van der Waals surface area contributed by atoms with E-state index in [0.717, 1.165) is 35.2 Å². The van der Waals surface area contributed by atoms with Gasteiger partial charge in [0, 0.05) is 28.8 Å². The summed E-state index contributed by atoms with van der Waals surface area (Å²) >= 11 is 7.98. The summed E-state index contributed by atoms with van der Waals surface area (Å²) in [5.41, 5.74) is 1.04. The fourth-order valence-electron chi connectivity index (χ4n) is 2.30. The van der Waals surface area contributed by atoms with Gasteiger partial charge in [0.05, 0.1) is 0 Å². The summed E-state index contributed by atoms with van der Waals surface area (Å²) in [6.07, 6.45) is 3.60. The Morgan fingerprint density at radius 1 is 1.56 bits per heavy atom. The molecule has 0 radical (unpaired) electrons. The molecule has 2 nitrogen and oxygen atoms in total. The monoisotopic (exact) mass is 285 g/mol. The first-order chi connectivity index (χ1) is 8.72. The molecule has 0 aromatic heterocycles. The van der Waals surface area contributed by atoms with Gasteiger partial charge < -0.3 is 10.1 Å². The van der Waals surface area contributed by atoms with Crippen LogP contribution in [0.2, 0.25) is 5.02 Å². The number of halogens is 1. The van der Waals surface area contributed by atoms with Crippen LogP contribution in [0.5, 0.6) is 5.75 Å². The van der Waals surface area contributed by atoms with Gasteiger partial charge in [-0.05, 0) is 38.3 Å². The minimum atomic E-state index is 0.271. The lowest BCUT2D eigenvalue weighted by molar-refractivity contribution is 0.164. The topological polar surface area (TPSA) is 21.3 Å². The minimum absolute atomic E-state index is 0.271. The standard InChI is InChI=1S/C14H20ClNOS/c1-10-12(15)4-3-5-13(10)17-14(9-18-2)11-6-7-16-8-11/h3-5,11,14,16H,6-9H2,1-2H3/t11-,14-/m0/s1. The van der Waals surface area contributed by atoms with Crippen molar-refractivity contribution in [1.29, 1.82) is 0 Å². The maximum Gasteiger partial charge on any atom is 0.124 e. The predicted octanol–water partition coefficient (Wildman–Crippen LogP) is 3.37. The van der Waals surface area contributed by atoms with Crippen LogP contribution in [0.1, 0.15) is 12.0 Å². The highest BCUT2D eigenvalue weighted by molar-refractivity contribution is 7.98. The number of thioether (sulfide) groups is 1. The van der Waals surface area contributed by atoms with E-state index in [0.29, 0.717) is 5.92 Å². The van der Waals surface area contributed by atoms with Gasteiger partial charge in [0.1, 0.15) is 11.9 Å². The summed E-state index contributed by atoms with van der Waals surface area (Å²) in [4.78, 5) is 0. The van der Waals surface area contributed by atoms with Gasteiger partial charge in [0.15, 0.2) is 0 Å². The molecule has 1 saturated heterocycles. The molecule has 0 unspecified atom stereocenters. The van der Waals surface area contributed by atoms with E-state index < -0.39 is 0 Å². The SMILES string of the molecule is CSC[C@H](Oc1cccc(Cl)c1C)[C@H]1CCNC1. The van der Waals surface area contributed by atoms with Gasteiger partial charge >= 0.3 is 0 Å². The van der Waals surface area contributed by atoms with E-state index in [1.807, 2.05) is 36.9 Å². The average Bonchev–Trinajstić information content (AvgIpc) is 2.88. The Hall–Kier alpha value is -0.380. The number of hydrogen-bond acceptors (Lipinski definition) is 3. The van der Waals surface area contributed by atoms with Crippen molar-refractivity contribution in [2.45, 2.75) is 19.4 Å². The third kappa shape index (κ3) is 3.34. The molecule has 1 aromatic rings.